The molecule has 0 amide bonds. The molecule has 116 valence electrons. The van der Waals surface area contributed by atoms with Crippen molar-refractivity contribution in [1.82, 2.24) is 0 Å². The molecule has 0 aromatic heterocycles. The fraction of sp³-hybridized carbons (Fsp3) is 0.611. The first-order valence-electron chi connectivity index (χ1n) is 7.94. The average Bonchev–Trinajstić information content (AvgIpc) is 2.72. The normalized spacial score (nSPS) is 34.4. The topological polar surface area (TPSA) is 37.3 Å². The van der Waals surface area contributed by atoms with Crippen LogP contribution in [0.1, 0.15) is 56.5 Å². The first kappa shape index (κ1) is 16.7. The van der Waals surface area contributed by atoms with Gasteiger partial charge in [0, 0.05) is 15.5 Å². The molecule has 1 N–H and O–H groups in total. The van der Waals surface area contributed by atoms with Crippen LogP contribution in [0.3, 0.4) is 0 Å². The van der Waals surface area contributed by atoms with Gasteiger partial charge in [0.15, 0.2) is 5.78 Å². The van der Waals surface area contributed by atoms with Crippen LogP contribution in [0.2, 0.25) is 0 Å². The number of benzene rings is 1. The molecular formula is C18H25BrO2. The molecule has 0 heterocycles. The molecular weight excluding hydrogens is 328 g/mol. The van der Waals surface area contributed by atoms with Crippen LogP contribution in [0.4, 0.5) is 0 Å². The third-order valence-corrected chi connectivity index (χ3v) is 5.41. The highest BCUT2D eigenvalue weighted by Crippen LogP contribution is 2.50. The molecule has 1 aromatic rings. The van der Waals surface area contributed by atoms with Crippen molar-refractivity contribution in [3.05, 3.63) is 33.8 Å². The molecule has 0 aliphatic heterocycles. The Morgan fingerprint density at radius 1 is 1.19 bits per heavy atom. The van der Waals surface area contributed by atoms with Crippen molar-refractivity contribution in [2.75, 3.05) is 0 Å². The second kappa shape index (κ2) is 6.21. The molecule has 1 aromatic carbocycles. The van der Waals surface area contributed by atoms with E-state index in [-0.39, 0.29) is 29.1 Å². The number of carbonyl (C=O) groups is 1. The zero-order valence-electron chi connectivity index (χ0n) is 13.3. The van der Waals surface area contributed by atoms with E-state index in [0.717, 1.165) is 29.3 Å². The van der Waals surface area contributed by atoms with Gasteiger partial charge in [-0.15, -0.1) is 0 Å². The Bertz CT molecular complexity index is 526. The maximum atomic E-state index is 12.8. The predicted molar refractivity (Wildman–Crippen MR) is 89.5 cm³/mol. The molecule has 21 heavy (non-hydrogen) atoms. The van der Waals surface area contributed by atoms with Gasteiger partial charge >= 0.3 is 0 Å². The van der Waals surface area contributed by atoms with Gasteiger partial charge in [0.1, 0.15) is 0 Å². The van der Waals surface area contributed by atoms with Crippen molar-refractivity contribution in [3.63, 3.8) is 0 Å². The Kier molecular flexibility index (Phi) is 4.94. The van der Waals surface area contributed by atoms with Gasteiger partial charge in [0.25, 0.3) is 0 Å². The molecule has 3 rings (SSSR count). The third kappa shape index (κ3) is 2.83. The van der Waals surface area contributed by atoms with E-state index >= 15 is 0 Å². The van der Waals surface area contributed by atoms with Crippen molar-refractivity contribution in [3.8, 4) is 0 Å². The Balaban J connectivity index is 0.000000774. The summed E-state index contributed by atoms with van der Waals surface area (Å²) < 4.78 is 0.966. The van der Waals surface area contributed by atoms with Gasteiger partial charge in [-0.05, 0) is 48.8 Å². The van der Waals surface area contributed by atoms with E-state index in [4.69, 9.17) is 0 Å². The molecule has 1 saturated carbocycles. The highest BCUT2D eigenvalue weighted by atomic mass is 79.9. The quantitative estimate of drug-likeness (QED) is 0.739. The number of aliphatic hydroxyl groups excluding tert-OH is 1. The van der Waals surface area contributed by atoms with Gasteiger partial charge in [-0.25, -0.2) is 0 Å². The third-order valence-electron chi connectivity index (χ3n) is 4.92. The standard InChI is InChI=1S/C16H19BrO2.C2H6/c1-9-6-16(7-10(2)14(9)18)8-11-3-4-12(17)5-13(11)15(16)19;1-2/h3-5,9-10,14,18H,6-8H2,1-2H3;1-2H3/t9-,10+,14?,16?;. The average molecular weight is 353 g/mol. The van der Waals surface area contributed by atoms with Gasteiger partial charge in [-0.3, -0.25) is 4.79 Å². The van der Waals surface area contributed by atoms with Gasteiger partial charge < -0.3 is 5.11 Å². The number of carbonyl (C=O) groups excluding carboxylic acids is 1. The summed E-state index contributed by atoms with van der Waals surface area (Å²) in [5, 5.41) is 10.1. The van der Waals surface area contributed by atoms with Gasteiger partial charge in [-0.2, -0.15) is 0 Å². The lowest BCUT2D eigenvalue weighted by molar-refractivity contribution is -0.0161. The van der Waals surface area contributed by atoms with Crippen molar-refractivity contribution >= 4 is 21.7 Å². The van der Waals surface area contributed by atoms with E-state index in [0.29, 0.717) is 0 Å². The summed E-state index contributed by atoms with van der Waals surface area (Å²) in [5.74, 6) is 0.685. The van der Waals surface area contributed by atoms with E-state index < -0.39 is 0 Å². The number of ketones is 1. The fourth-order valence-electron chi connectivity index (χ4n) is 4.09. The summed E-state index contributed by atoms with van der Waals surface area (Å²) in [6.07, 6.45) is 2.19. The first-order valence-corrected chi connectivity index (χ1v) is 8.73. The summed E-state index contributed by atoms with van der Waals surface area (Å²) >= 11 is 3.45. The van der Waals surface area contributed by atoms with Crippen molar-refractivity contribution < 1.29 is 9.90 Å². The Morgan fingerprint density at radius 2 is 1.76 bits per heavy atom. The monoisotopic (exact) mass is 352 g/mol. The largest absolute Gasteiger partial charge is 0.393 e. The van der Waals surface area contributed by atoms with E-state index in [1.54, 1.807) is 0 Å². The van der Waals surface area contributed by atoms with Crippen LogP contribution in [0.5, 0.6) is 0 Å². The molecule has 4 atom stereocenters. The number of rotatable bonds is 0. The Morgan fingerprint density at radius 3 is 2.33 bits per heavy atom. The minimum atomic E-state index is -0.270. The molecule has 2 unspecified atom stereocenters. The smallest absolute Gasteiger partial charge is 0.169 e. The van der Waals surface area contributed by atoms with Crippen LogP contribution in [0.25, 0.3) is 0 Å². The zero-order valence-corrected chi connectivity index (χ0v) is 14.9. The molecule has 3 heteroatoms. The second-order valence-corrected chi connectivity index (χ2v) is 7.36. The predicted octanol–water partition coefficient (Wildman–Crippen LogP) is 4.63. The summed E-state index contributed by atoms with van der Waals surface area (Å²) in [4.78, 5) is 12.8. The molecule has 1 spiro atoms. The van der Waals surface area contributed by atoms with Crippen LogP contribution >= 0.6 is 15.9 Å². The number of aliphatic hydroxyl groups is 1. The fourth-order valence-corrected chi connectivity index (χ4v) is 4.45. The lowest BCUT2D eigenvalue weighted by Gasteiger charge is -2.42. The summed E-state index contributed by atoms with van der Waals surface area (Å²) in [6.45, 7) is 8.13. The molecule has 2 nitrogen and oxygen atoms in total. The number of fused-ring (bicyclic) bond motifs is 1. The van der Waals surface area contributed by atoms with Crippen LogP contribution in [-0.4, -0.2) is 17.0 Å². The van der Waals surface area contributed by atoms with Crippen LogP contribution in [0, 0.1) is 17.3 Å². The molecule has 2 aliphatic carbocycles. The SMILES string of the molecule is CC.C[C@@H]1CC2(Cc3ccc(Br)cc3C2=O)C[C@H](C)C1O. The number of Topliss-reactive ketones (excluding diaryl/α,β-unsaturated/α-hetero) is 1. The summed E-state index contributed by atoms with van der Waals surface area (Å²) in [5.41, 5.74) is 1.79. The first-order chi connectivity index (χ1) is 9.93. The van der Waals surface area contributed by atoms with E-state index in [1.165, 1.54) is 5.56 Å². The van der Waals surface area contributed by atoms with Crippen LogP contribution < -0.4 is 0 Å². The Hall–Kier alpha value is -0.670. The van der Waals surface area contributed by atoms with Gasteiger partial charge in [-0.1, -0.05) is 49.7 Å². The molecule has 0 radical (unpaired) electrons. The van der Waals surface area contributed by atoms with E-state index in [2.05, 4.69) is 35.8 Å². The minimum absolute atomic E-state index is 0.199. The number of hydrogen-bond donors (Lipinski definition) is 1. The molecule has 0 saturated heterocycles. The Labute approximate surface area is 136 Å². The summed E-state index contributed by atoms with van der Waals surface area (Å²) in [7, 11) is 0. The maximum Gasteiger partial charge on any atom is 0.169 e. The van der Waals surface area contributed by atoms with Gasteiger partial charge in [0.2, 0.25) is 0 Å². The van der Waals surface area contributed by atoms with Crippen molar-refractivity contribution in [2.45, 2.75) is 53.1 Å². The second-order valence-electron chi connectivity index (χ2n) is 6.44. The molecule has 1 fully saturated rings. The zero-order chi connectivity index (χ0) is 15.8. The van der Waals surface area contributed by atoms with Crippen molar-refractivity contribution in [2.24, 2.45) is 17.3 Å². The van der Waals surface area contributed by atoms with Crippen LogP contribution in [0.15, 0.2) is 22.7 Å². The molecule has 0 bridgehead atoms. The lowest BCUT2D eigenvalue weighted by atomic mass is 9.63. The highest BCUT2D eigenvalue weighted by molar-refractivity contribution is 9.10. The number of hydrogen-bond acceptors (Lipinski definition) is 2. The van der Waals surface area contributed by atoms with Crippen LogP contribution in [-0.2, 0) is 6.42 Å². The molecule has 2 aliphatic rings. The highest BCUT2D eigenvalue weighted by Gasteiger charge is 2.51. The summed E-state index contributed by atoms with van der Waals surface area (Å²) in [6, 6.07) is 6.02. The van der Waals surface area contributed by atoms with Gasteiger partial charge in [0.05, 0.1) is 6.10 Å². The van der Waals surface area contributed by atoms with E-state index in [9.17, 15) is 9.90 Å². The van der Waals surface area contributed by atoms with E-state index in [1.807, 2.05) is 26.0 Å². The lowest BCUT2D eigenvalue weighted by Crippen LogP contribution is -2.44. The van der Waals surface area contributed by atoms with Crippen molar-refractivity contribution in [1.29, 1.82) is 0 Å². The minimum Gasteiger partial charge on any atom is -0.393 e. The maximum absolute atomic E-state index is 12.8. The number of halogens is 1.